The Morgan fingerprint density at radius 2 is 2.11 bits per heavy atom. The molecular formula is C13H8N2OS2. The fourth-order valence-electron chi connectivity index (χ4n) is 1.81. The number of amides is 1. The summed E-state index contributed by atoms with van der Waals surface area (Å²) in [5, 5.41) is 3.54. The highest BCUT2D eigenvalue weighted by Crippen LogP contribution is 2.28. The third-order valence-electron chi connectivity index (χ3n) is 2.61. The molecule has 88 valence electrons. The van der Waals surface area contributed by atoms with Gasteiger partial charge in [-0.05, 0) is 35.5 Å². The summed E-state index contributed by atoms with van der Waals surface area (Å²) in [7, 11) is 0. The fourth-order valence-corrected chi connectivity index (χ4v) is 2.83. The van der Waals surface area contributed by atoms with E-state index in [2.05, 4.69) is 10.3 Å². The molecule has 0 unspecified atom stereocenters. The number of fused-ring (bicyclic) bond motifs is 1. The first kappa shape index (κ1) is 11.4. The van der Waals surface area contributed by atoms with Crippen molar-refractivity contribution in [2.24, 2.45) is 0 Å². The van der Waals surface area contributed by atoms with Gasteiger partial charge in [0.05, 0.1) is 10.4 Å². The Morgan fingerprint density at radius 1 is 1.28 bits per heavy atom. The number of carbonyl (C=O) groups excluding carboxylic acids is 1. The monoisotopic (exact) mass is 272 g/mol. The summed E-state index contributed by atoms with van der Waals surface area (Å²) in [6, 6.07) is 9.80. The number of thioether (sulfide) groups is 1. The van der Waals surface area contributed by atoms with Crippen LogP contribution in [-0.4, -0.2) is 15.2 Å². The highest BCUT2D eigenvalue weighted by atomic mass is 32.2. The summed E-state index contributed by atoms with van der Waals surface area (Å²) in [5.74, 6) is 0. The summed E-state index contributed by atoms with van der Waals surface area (Å²) in [5.41, 5.74) is 1.95. The lowest BCUT2D eigenvalue weighted by molar-refractivity contribution is 0.265. The van der Waals surface area contributed by atoms with Gasteiger partial charge in [-0.3, -0.25) is 9.78 Å². The Morgan fingerprint density at radius 3 is 2.89 bits per heavy atom. The third kappa shape index (κ3) is 2.02. The highest BCUT2D eigenvalue weighted by molar-refractivity contribution is 8.19. The SMILES string of the molecule is O=C1NC(=S)C(=Cc2ccnc3ccccc23)S1. The smallest absolute Gasteiger partial charge is 0.289 e. The molecule has 1 fully saturated rings. The molecule has 1 N–H and O–H groups in total. The second-order valence-corrected chi connectivity index (χ2v) is 5.19. The van der Waals surface area contributed by atoms with Crippen molar-refractivity contribution in [3.8, 4) is 0 Å². The highest BCUT2D eigenvalue weighted by Gasteiger charge is 2.21. The van der Waals surface area contributed by atoms with Gasteiger partial charge in [-0.1, -0.05) is 30.4 Å². The van der Waals surface area contributed by atoms with E-state index in [0.29, 0.717) is 4.99 Å². The number of thiocarbonyl (C=S) groups is 1. The molecule has 3 nitrogen and oxygen atoms in total. The van der Waals surface area contributed by atoms with E-state index in [1.54, 1.807) is 6.20 Å². The number of carbonyl (C=O) groups is 1. The second kappa shape index (κ2) is 4.51. The topological polar surface area (TPSA) is 42.0 Å². The maximum Gasteiger partial charge on any atom is 0.289 e. The molecule has 2 aromatic rings. The molecule has 0 bridgehead atoms. The average Bonchev–Trinajstić information content (AvgIpc) is 2.68. The number of aromatic nitrogens is 1. The molecule has 5 heteroatoms. The van der Waals surface area contributed by atoms with Gasteiger partial charge in [0.15, 0.2) is 0 Å². The summed E-state index contributed by atoms with van der Waals surface area (Å²) in [6.07, 6.45) is 3.68. The van der Waals surface area contributed by atoms with E-state index in [-0.39, 0.29) is 5.24 Å². The molecule has 1 amide bonds. The molecule has 1 saturated heterocycles. The molecule has 2 heterocycles. The Balaban J connectivity index is 2.13. The molecule has 18 heavy (non-hydrogen) atoms. The quantitative estimate of drug-likeness (QED) is 0.638. The van der Waals surface area contributed by atoms with Gasteiger partial charge in [0.1, 0.15) is 4.99 Å². The molecular weight excluding hydrogens is 264 g/mol. The number of rotatable bonds is 1. The fraction of sp³-hybridized carbons (Fsp3) is 0. The van der Waals surface area contributed by atoms with Crippen LogP contribution in [0.2, 0.25) is 0 Å². The van der Waals surface area contributed by atoms with Crippen molar-refractivity contribution in [2.75, 3.05) is 0 Å². The van der Waals surface area contributed by atoms with Crippen LogP contribution >= 0.6 is 24.0 Å². The van der Waals surface area contributed by atoms with Crippen LogP contribution < -0.4 is 5.32 Å². The predicted octanol–water partition coefficient (Wildman–Crippen LogP) is 3.36. The summed E-state index contributed by atoms with van der Waals surface area (Å²) in [6.45, 7) is 0. The standard InChI is InChI=1S/C13H8N2OS2/c16-13-15-12(17)11(18-13)7-8-5-6-14-10-4-2-1-3-9(8)10/h1-7H,(H,15,16,17). The van der Waals surface area contributed by atoms with Gasteiger partial charge in [-0.25, -0.2) is 0 Å². The zero-order valence-corrected chi connectivity index (χ0v) is 10.8. The molecule has 0 aliphatic carbocycles. The minimum atomic E-state index is -0.121. The molecule has 0 atom stereocenters. The number of nitrogens with zero attached hydrogens (tertiary/aromatic N) is 1. The van der Waals surface area contributed by atoms with Gasteiger partial charge in [0.2, 0.25) is 0 Å². The first-order valence-corrected chi connectivity index (χ1v) is 6.55. The number of hydrogen-bond donors (Lipinski definition) is 1. The summed E-state index contributed by atoms with van der Waals surface area (Å²) >= 11 is 6.23. The van der Waals surface area contributed by atoms with E-state index in [4.69, 9.17) is 12.2 Å². The van der Waals surface area contributed by atoms with Crippen molar-refractivity contribution in [3.05, 3.63) is 47.0 Å². The predicted molar refractivity (Wildman–Crippen MR) is 78.4 cm³/mol. The van der Waals surface area contributed by atoms with E-state index < -0.39 is 0 Å². The van der Waals surface area contributed by atoms with Crippen LogP contribution in [0.3, 0.4) is 0 Å². The van der Waals surface area contributed by atoms with Crippen LogP contribution in [0.5, 0.6) is 0 Å². The number of para-hydroxylation sites is 1. The van der Waals surface area contributed by atoms with Crippen molar-refractivity contribution >= 4 is 51.2 Å². The lowest BCUT2D eigenvalue weighted by Crippen LogP contribution is -2.15. The van der Waals surface area contributed by atoms with Gasteiger partial charge in [0.25, 0.3) is 5.24 Å². The molecule has 1 aliphatic heterocycles. The Hall–Kier alpha value is -1.72. The van der Waals surface area contributed by atoms with Gasteiger partial charge in [-0.2, -0.15) is 0 Å². The maximum absolute atomic E-state index is 11.2. The van der Waals surface area contributed by atoms with Gasteiger partial charge in [-0.15, -0.1) is 0 Å². The largest absolute Gasteiger partial charge is 0.307 e. The van der Waals surface area contributed by atoms with E-state index >= 15 is 0 Å². The van der Waals surface area contributed by atoms with Crippen LogP contribution in [0.4, 0.5) is 4.79 Å². The first-order valence-electron chi connectivity index (χ1n) is 5.33. The van der Waals surface area contributed by atoms with Crippen molar-refractivity contribution in [2.45, 2.75) is 0 Å². The van der Waals surface area contributed by atoms with Crippen molar-refractivity contribution in [3.63, 3.8) is 0 Å². The molecule has 1 aromatic heterocycles. The van der Waals surface area contributed by atoms with Crippen LogP contribution in [0.1, 0.15) is 5.56 Å². The summed E-state index contributed by atoms with van der Waals surface area (Å²) < 4.78 is 0. The number of benzene rings is 1. The zero-order chi connectivity index (χ0) is 12.5. The summed E-state index contributed by atoms with van der Waals surface area (Å²) in [4.78, 5) is 16.8. The van der Waals surface area contributed by atoms with Gasteiger partial charge >= 0.3 is 0 Å². The minimum Gasteiger partial charge on any atom is -0.307 e. The number of hydrogen-bond acceptors (Lipinski definition) is 4. The lowest BCUT2D eigenvalue weighted by atomic mass is 10.1. The normalized spacial score (nSPS) is 17.4. The first-order chi connectivity index (χ1) is 8.74. The van der Waals surface area contributed by atoms with Crippen LogP contribution in [0.25, 0.3) is 17.0 Å². The molecule has 0 spiro atoms. The van der Waals surface area contributed by atoms with Gasteiger partial charge in [0, 0.05) is 11.6 Å². The zero-order valence-electron chi connectivity index (χ0n) is 9.21. The number of nitrogens with one attached hydrogen (secondary N) is 1. The van der Waals surface area contributed by atoms with E-state index in [9.17, 15) is 4.79 Å². The molecule has 3 rings (SSSR count). The maximum atomic E-state index is 11.2. The van der Waals surface area contributed by atoms with Crippen LogP contribution in [0.15, 0.2) is 41.4 Å². The Labute approximate surface area is 113 Å². The van der Waals surface area contributed by atoms with Crippen molar-refractivity contribution < 1.29 is 4.79 Å². The molecule has 1 aromatic carbocycles. The molecule has 0 radical (unpaired) electrons. The lowest BCUT2D eigenvalue weighted by Gasteiger charge is -2.01. The van der Waals surface area contributed by atoms with Crippen LogP contribution in [0, 0.1) is 0 Å². The van der Waals surface area contributed by atoms with Crippen LogP contribution in [-0.2, 0) is 0 Å². The number of pyridine rings is 1. The van der Waals surface area contributed by atoms with Crippen molar-refractivity contribution in [1.29, 1.82) is 0 Å². The third-order valence-corrected chi connectivity index (χ3v) is 3.89. The van der Waals surface area contributed by atoms with E-state index in [0.717, 1.165) is 33.1 Å². The average molecular weight is 272 g/mol. The second-order valence-electron chi connectivity index (χ2n) is 3.77. The van der Waals surface area contributed by atoms with Crippen molar-refractivity contribution in [1.82, 2.24) is 10.3 Å². The van der Waals surface area contributed by atoms with E-state index in [1.807, 2.05) is 36.4 Å². The molecule has 0 saturated carbocycles. The van der Waals surface area contributed by atoms with E-state index in [1.165, 1.54) is 0 Å². The Kier molecular flexibility index (Phi) is 2.85. The molecule has 1 aliphatic rings. The van der Waals surface area contributed by atoms with Gasteiger partial charge < -0.3 is 5.32 Å². The minimum absolute atomic E-state index is 0.121. The Bertz CT molecular complexity index is 689.